The van der Waals surface area contributed by atoms with Gasteiger partial charge in [0, 0.05) is 21.6 Å². The Labute approximate surface area is 166 Å². The maximum absolute atomic E-state index is 13.4. The second kappa shape index (κ2) is 6.91. The summed E-state index contributed by atoms with van der Waals surface area (Å²) in [7, 11) is -3.72. The Balaban J connectivity index is 2.08. The first kappa shape index (κ1) is 17.9. The van der Waals surface area contributed by atoms with E-state index in [1.165, 1.54) is 6.20 Å². The van der Waals surface area contributed by atoms with Crippen molar-refractivity contribution >= 4 is 36.7 Å². The van der Waals surface area contributed by atoms with Crippen molar-refractivity contribution in [1.29, 1.82) is 0 Å². The van der Waals surface area contributed by atoms with Crippen molar-refractivity contribution in [3.05, 3.63) is 89.0 Å². The third-order valence-electron chi connectivity index (χ3n) is 4.48. The average molecular weight is 438 g/mol. The molecule has 5 heteroatoms. The number of aromatic nitrogens is 1. The zero-order valence-electron chi connectivity index (χ0n) is 14.6. The molecule has 0 aliphatic heterocycles. The molecule has 0 fully saturated rings. The van der Waals surface area contributed by atoms with E-state index in [4.69, 9.17) is 0 Å². The minimum absolute atomic E-state index is 0.211. The molecule has 0 aliphatic carbocycles. The highest BCUT2D eigenvalue weighted by Crippen LogP contribution is 2.37. The molecular formula is C22H16BrNO2S. The van der Waals surface area contributed by atoms with Gasteiger partial charge in [-0.3, -0.25) is 4.98 Å². The average Bonchev–Trinajstić information content (AvgIpc) is 2.68. The highest BCUT2D eigenvalue weighted by Gasteiger charge is 2.24. The minimum Gasteiger partial charge on any atom is -0.255 e. The van der Waals surface area contributed by atoms with E-state index < -0.39 is 9.84 Å². The first-order valence-corrected chi connectivity index (χ1v) is 10.7. The minimum atomic E-state index is -3.72. The number of aryl methyl sites for hydroxylation is 1. The van der Waals surface area contributed by atoms with Crippen LogP contribution in [0.3, 0.4) is 0 Å². The van der Waals surface area contributed by atoms with Gasteiger partial charge in [-0.05, 0) is 42.8 Å². The number of hydrogen-bond donors (Lipinski definition) is 0. The van der Waals surface area contributed by atoms with Gasteiger partial charge in [-0.15, -0.1) is 0 Å². The molecule has 0 saturated heterocycles. The molecule has 4 aromatic rings. The number of halogens is 1. The lowest BCUT2D eigenvalue weighted by Gasteiger charge is -2.14. The normalized spacial score (nSPS) is 11.6. The molecule has 0 unspecified atom stereocenters. The van der Waals surface area contributed by atoms with Crippen LogP contribution in [0.2, 0.25) is 0 Å². The van der Waals surface area contributed by atoms with Gasteiger partial charge < -0.3 is 0 Å². The van der Waals surface area contributed by atoms with Gasteiger partial charge in [-0.2, -0.15) is 0 Å². The van der Waals surface area contributed by atoms with E-state index in [1.54, 1.807) is 24.3 Å². The van der Waals surface area contributed by atoms with Crippen LogP contribution in [-0.4, -0.2) is 13.4 Å². The molecule has 0 bridgehead atoms. The Hall–Kier alpha value is -2.50. The van der Waals surface area contributed by atoms with Gasteiger partial charge in [-0.1, -0.05) is 64.0 Å². The SMILES string of the molecule is Cc1ccc(S(=O)(=O)c2cnc3ccc(Br)cc3c2-c2ccccc2)cc1. The highest BCUT2D eigenvalue weighted by molar-refractivity contribution is 9.10. The second-order valence-corrected chi connectivity index (χ2v) is 9.18. The molecule has 0 aliphatic rings. The second-order valence-electron chi connectivity index (χ2n) is 6.34. The highest BCUT2D eigenvalue weighted by atomic mass is 79.9. The predicted octanol–water partition coefficient (Wildman–Crippen LogP) is 5.81. The molecule has 1 aromatic heterocycles. The summed E-state index contributed by atoms with van der Waals surface area (Å²) in [4.78, 5) is 4.89. The van der Waals surface area contributed by atoms with Crippen molar-refractivity contribution in [3.8, 4) is 11.1 Å². The third-order valence-corrected chi connectivity index (χ3v) is 6.75. The van der Waals surface area contributed by atoms with Crippen LogP contribution in [0.1, 0.15) is 5.56 Å². The lowest BCUT2D eigenvalue weighted by atomic mass is 10.0. The van der Waals surface area contributed by atoms with Crippen molar-refractivity contribution in [2.45, 2.75) is 16.7 Å². The van der Waals surface area contributed by atoms with Gasteiger partial charge in [0.1, 0.15) is 0 Å². The van der Waals surface area contributed by atoms with E-state index in [2.05, 4.69) is 20.9 Å². The van der Waals surface area contributed by atoms with Crippen LogP contribution in [0.5, 0.6) is 0 Å². The summed E-state index contributed by atoms with van der Waals surface area (Å²) in [5.41, 5.74) is 3.27. The van der Waals surface area contributed by atoms with Gasteiger partial charge in [0.2, 0.25) is 9.84 Å². The number of pyridine rings is 1. The van der Waals surface area contributed by atoms with E-state index in [0.717, 1.165) is 26.5 Å². The summed E-state index contributed by atoms with van der Waals surface area (Å²) < 4.78 is 27.7. The first-order chi connectivity index (χ1) is 13.0. The summed E-state index contributed by atoms with van der Waals surface area (Å²) in [5, 5.41) is 0.795. The van der Waals surface area contributed by atoms with Crippen molar-refractivity contribution in [1.82, 2.24) is 4.98 Å². The van der Waals surface area contributed by atoms with Crippen LogP contribution in [0.4, 0.5) is 0 Å². The van der Waals surface area contributed by atoms with Crippen LogP contribution in [0.25, 0.3) is 22.0 Å². The lowest BCUT2D eigenvalue weighted by molar-refractivity contribution is 0.596. The Kier molecular flexibility index (Phi) is 4.58. The molecule has 0 saturated carbocycles. The molecule has 0 radical (unpaired) electrons. The standard InChI is InChI=1S/C22H16BrNO2S/c1-15-7-10-18(11-8-15)27(25,26)21-14-24-20-12-9-17(23)13-19(20)22(21)16-5-3-2-4-6-16/h2-14H,1H3. The molecular weight excluding hydrogens is 422 g/mol. The Bertz CT molecular complexity index is 1230. The Morgan fingerprint density at radius 1 is 0.889 bits per heavy atom. The molecule has 0 N–H and O–H groups in total. The number of rotatable bonds is 3. The summed E-state index contributed by atoms with van der Waals surface area (Å²) in [6.45, 7) is 1.93. The molecule has 3 aromatic carbocycles. The summed E-state index contributed by atoms with van der Waals surface area (Å²) in [6, 6.07) is 22.2. The summed E-state index contributed by atoms with van der Waals surface area (Å²) in [5.74, 6) is 0. The van der Waals surface area contributed by atoms with Crippen LogP contribution in [0, 0.1) is 6.92 Å². The number of fused-ring (bicyclic) bond motifs is 1. The zero-order chi connectivity index (χ0) is 19.0. The number of hydrogen-bond acceptors (Lipinski definition) is 3. The predicted molar refractivity (Wildman–Crippen MR) is 112 cm³/mol. The monoisotopic (exact) mass is 437 g/mol. The first-order valence-electron chi connectivity index (χ1n) is 8.42. The van der Waals surface area contributed by atoms with Crippen LogP contribution >= 0.6 is 15.9 Å². The van der Waals surface area contributed by atoms with Gasteiger partial charge in [-0.25, -0.2) is 8.42 Å². The van der Waals surface area contributed by atoms with Gasteiger partial charge in [0.15, 0.2) is 0 Å². The molecule has 0 amide bonds. The number of benzene rings is 3. The largest absolute Gasteiger partial charge is 0.255 e. The molecule has 1 heterocycles. The molecule has 0 atom stereocenters. The number of nitrogens with zero attached hydrogens (tertiary/aromatic N) is 1. The lowest BCUT2D eigenvalue weighted by Crippen LogP contribution is -2.05. The summed E-state index contributed by atoms with van der Waals surface area (Å²) >= 11 is 3.49. The Morgan fingerprint density at radius 3 is 2.30 bits per heavy atom. The van der Waals surface area contributed by atoms with E-state index in [0.29, 0.717) is 5.56 Å². The van der Waals surface area contributed by atoms with Gasteiger partial charge >= 0.3 is 0 Å². The van der Waals surface area contributed by atoms with Crippen molar-refractivity contribution in [2.24, 2.45) is 0 Å². The smallest absolute Gasteiger partial charge is 0.208 e. The Morgan fingerprint density at radius 2 is 1.59 bits per heavy atom. The molecule has 4 rings (SSSR count). The molecule has 27 heavy (non-hydrogen) atoms. The summed E-state index contributed by atoms with van der Waals surface area (Å²) in [6.07, 6.45) is 1.47. The topological polar surface area (TPSA) is 47.0 Å². The van der Waals surface area contributed by atoms with Crippen LogP contribution < -0.4 is 0 Å². The fourth-order valence-corrected chi connectivity index (χ4v) is 4.89. The maximum atomic E-state index is 13.4. The van der Waals surface area contributed by atoms with E-state index in [9.17, 15) is 8.42 Å². The van der Waals surface area contributed by atoms with E-state index >= 15 is 0 Å². The van der Waals surface area contributed by atoms with Gasteiger partial charge in [0.25, 0.3) is 0 Å². The van der Waals surface area contributed by atoms with Crippen LogP contribution in [-0.2, 0) is 9.84 Å². The third kappa shape index (κ3) is 3.29. The quantitative estimate of drug-likeness (QED) is 0.406. The van der Waals surface area contributed by atoms with Crippen molar-refractivity contribution in [2.75, 3.05) is 0 Å². The molecule has 3 nitrogen and oxygen atoms in total. The van der Waals surface area contributed by atoms with Gasteiger partial charge in [0.05, 0.1) is 15.3 Å². The number of sulfone groups is 1. The maximum Gasteiger partial charge on any atom is 0.208 e. The van der Waals surface area contributed by atoms with E-state index in [-0.39, 0.29) is 9.79 Å². The van der Waals surface area contributed by atoms with Crippen molar-refractivity contribution in [3.63, 3.8) is 0 Å². The van der Waals surface area contributed by atoms with E-state index in [1.807, 2.05) is 55.5 Å². The van der Waals surface area contributed by atoms with Crippen LogP contribution in [0.15, 0.2) is 93.3 Å². The fourth-order valence-electron chi connectivity index (χ4n) is 3.10. The molecule has 134 valence electrons. The molecule has 0 spiro atoms. The zero-order valence-corrected chi connectivity index (χ0v) is 17.0. The van der Waals surface area contributed by atoms with Crippen molar-refractivity contribution < 1.29 is 8.42 Å². The fraction of sp³-hybridized carbons (Fsp3) is 0.0455.